The third-order valence-electron chi connectivity index (χ3n) is 4.15. The monoisotopic (exact) mass is 444 g/mol. The Morgan fingerprint density at radius 2 is 1.65 bits per heavy atom. The van der Waals surface area contributed by atoms with Gasteiger partial charge in [0.05, 0.1) is 4.90 Å². The zero-order chi connectivity index (χ0) is 22.6. The Kier molecular flexibility index (Phi) is 6.50. The van der Waals surface area contributed by atoms with E-state index in [0.29, 0.717) is 17.1 Å². The summed E-state index contributed by atoms with van der Waals surface area (Å²) in [4.78, 5) is 20.4. The van der Waals surface area contributed by atoms with Crippen molar-refractivity contribution in [2.45, 2.75) is 31.8 Å². The van der Waals surface area contributed by atoms with E-state index in [1.54, 1.807) is 26.0 Å². The molecular formula is C21H21FN4O4S. The zero-order valence-corrected chi connectivity index (χ0v) is 17.9. The fourth-order valence-electron chi connectivity index (χ4n) is 2.70. The van der Waals surface area contributed by atoms with Gasteiger partial charge >= 0.3 is 0 Å². The van der Waals surface area contributed by atoms with Crippen LogP contribution in [0.3, 0.4) is 0 Å². The molecule has 0 unspecified atom stereocenters. The van der Waals surface area contributed by atoms with Crippen molar-refractivity contribution < 1.29 is 22.3 Å². The number of ether oxygens (including phenoxy) is 1. The van der Waals surface area contributed by atoms with Gasteiger partial charge in [0.25, 0.3) is 15.9 Å². The Morgan fingerprint density at radius 3 is 2.26 bits per heavy atom. The summed E-state index contributed by atoms with van der Waals surface area (Å²) in [7, 11) is -3.91. The molecule has 1 amide bonds. The number of hydrogen-bond acceptors (Lipinski definition) is 6. The molecule has 2 aromatic carbocycles. The molecule has 0 spiro atoms. The molecule has 2 N–H and O–H groups in total. The highest BCUT2D eigenvalue weighted by Crippen LogP contribution is 2.19. The Morgan fingerprint density at radius 1 is 1.03 bits per heavy atom. The van der Waals surface area contributed by atoms with E-state index in [4.69, 9.17) is 4.74 Å². The summed E-state index contributed by atoms with van der Waals surface area (Å²) in [5, 5.41) is 2.60. The predicted octanol–water partition coefficient (Wildman–Crippen LogP) is 3.44. The number of para-hydroxylation sites is 1. The van der Waals surface area contributed by atoms with Gasteiger partial charge in [-0.3, -0.25) is 4.79 Å². The highest BCUT2D eigenvalue weighted by molar-refractivity contribution is 7.92. The number of aryl methyl sites for hydroxylation is 2. The molecule has 3 aromatic rings. The summed E-state index contributed by atoms with van der Waals surface area (Å²) in [5.41, 5.74) is 1.63. The SMILES string of the molecule is Cc1cc(C)nc(NS(=O)(=O)c2ccc(NC(=O)[C@H](C)Oc3ccccc3F)cc2)n1. The number of nitrogens with zero attached hydrogens (tertiary/aromatic N) is 2. The Hall–Kier alpha value is -3.53. The number of carbonyl (C=O) groups is 1. The van der Waals surface area contributed by atoms with Crippen LogP contribution in [0.15, 0.2) is 59.5 Å². The van der Waals surface area contributed by atoms with E-state index in [0.717, 1.165) is 0 Å². The van der Waals surface area contributed by atoms with E-state index >= 15 is 0 Å². The normalized spacial score (nSPS) is 12.1. The van der Waals surface area contributed by atoms with Crippen LogP contribution in [-0.4, -0.2) is 30.4 Å². The average molecular weight is 444 g/mol. The fourth-order valence-corrected chi connectivity index (χ4v) is 3.64. The Balaban J connectivity index is 1.66. The van der Waals surface area contributed by atoms with Crippen LogP contribution in [0.5, 0.6) is 5.75 Å². The van der Waals surface area contributed by atoms with E-state index in [2.05, 4.69) is 20.0 Å². The smallest absolute Gasteiger partial charge is 0.265 e. The van der Waals surface area contributed by atoms with Gasteiger partial charge in [0, 0.05) is 17.1 Å². The van der Waals surface area contributed by atoms with Crippen molar-refractivity contribution in [3.05, 3.63) is 71.8 Å². The quantitative estimate of drug-likeness (QED) is 0.578. The van der Waals surface area contributed by atoms with Gasteiger partial charge in [-0.15, -0.1) is 0 Å². The van der Waals surface area contributed by atoms with Crippen LogP contribution in [0.25, 0.3) is 0 Å². The summed E-state index contributed by atoms with van der Waals surface area (Å²) < 4.78 is 46.5. The molecular weight excluding hydrogens is 423 g/mol. The molecule has 3 rings (SSSR count). The van der Waals surface area contributed by atoms with Crippen molar-refractivity contribution in [3.8, 4) is 5.75 Å². The molecule has 0 fully saturated rings. The number of aromatic nitrogens is 2. The minimum atomic E-state index is -3.91. The Bertz CT molecular complexity index is 1180. The van der Waals surface area contributed by atoms with Crippen molar-refractivity contribution in [3.63, 3.8) is 0 Å². The van der Waals surface area contributed by atoms with Crippen LogP contribution < -0.4 is 14.8 Å². The first-order valence-electron chi connectivity index (χ1n) is 9.31. The molecule has 0 saturated heterocycles. The van der Waals surface area contributed by atoms with Crippen molar-refractivity contribution in [1.29, 1.82) is 0 Å². The number of amides is 1. The lowest BCUT2D eigenvalue weighted by Gasteiger charge is -2.15. The second kappa shape index (κ2) is 9.09. The number of nitrogens with one attached hydrogen (secondary N) is 2. The highest BCUT2D eigenvalue weighted by atomic mass is 32.2. The van der Waals surface area contributed by atoms with Crippen molar-refractivity contribution in [2.75, 3.05) is 10.0 Å². The summed E-state index contributed by atoms with van der Waals surface area (Å²) >= 11 is 0. The molecule has 0 aliphatic carbocycles. The summed E-state index contributed by atoms with van der Waals surface area (Å²) in [5.74, 6) is -1.14. The van der Waals surface area contributed by atoms with Gasteiger partial charge in [0.2, 0.25) is 5.95 Å². The maximum atomic E-state index is 13.7. The van der Waals surface area contributed by atoms with Crippen LogP contribution in [0, 0.1) is 19.7 Å². The maximum absolute atomic E-state index is 13.7. The summed E-state index contributed by atoms with van der Waals surface area (Å²) in [6, 6.07) is 13.0. The van der Waals surface area contributed by atoms with E-state index in [-0.39, 0.29) is 16.6 Å². The lowest BCUT2D eigenvalue weighted by molar-refractivity contribution is -0.122. The largest absolute Gasteiger partial charge is 0.478 e. The van der Waals surface area contributed by atoms with Gasteiger partial charge in [0.1, 0.15) is 0 Å². The molecule has 1 atom stereocenters. The maximum Gasteiger partial charge on any atom is 0.265 e. The molecule has 0 radical (unpaired) electrons. The number of rotatable bonds is 7. The fraction of sp³-hybridized carbons (Fsp3) is 0.190. The molecule has 162 valence electrons. The molecule has 0 bridgehead atoms. The number of halogens is 1. The Labute approximate surface area is 179 Å². The van der Waals surface area contributed by atoms with E-state index in [1.165, 1.54) is 49.4 Å². The van der Waals surface area contributed by atoms with Crippen LogP contribution in [0.2, 0.25) is 0 Å². The highest BCUT2D eigenvalue weighted by Gasteiger charge is 2.19. The molecule has 0 aliphatic rings. The molecule has 8 nitrogen and oxygen atoms in total. The molecule has 0 saturated carbocycles. The van der Waals surface area contributed by atoms with E-state index in [9.17, 15) is 17.6 Å². The summed E-state index contributed by atoms with van der Waals surface area (Å²) in [6.07, 6.45) is -0.969. The van der Waals surface area contributed by atoms with Crippen LogP contribution in [0.4, 0.5) is 16.0 Å². The molecule has 0 aliphatic heterocycles. The van der Waals surface area contributed by atoms with Gasteiger partial charge in [-0.25, -0.2) is 27.5 Å². The lowest BCUT2D eigenvalue weighted by atomic mass is 10.3. The van der Waals surface area contributed by atoms with Gasteiger partial charge in [0.15, 0.2) is 17.7 Å². The van der Waals surface area contributed by atoms with Gasteiger partial charge in [-0.2, -0.15) is 0 Å². The number of anilines is 2. The van der Waals surface area contributed by atoms with Crippen LogP contribution in [0.1, 0.15) is 18.3 Å². The number of sulfonamides is 1. The number of benzene rings is 2. The summed E-state index contributed by atoms with van der Waals surface area (Å²) in [6.45, 7) is 4.95. The van der Waals surface area contributed by atoms with Gasteiger partial charge in [-0.1, -0.05) is 12.1 Å². The molecule has 1 heterocycles. The van der Waals surface area contributed by atoms with Crippen LogP contribution >= 0.6 is 0 Å². The average Bonchev–Trinajstić information content (AvgIpc) is 2.69. The van der Waals surface area contributed by atoms with Crippen LogP contribution in [-0.2, 0) is 14.8 Å². The first-order valence-corrected chi connectivity index (χ1v) is 10.8. The second-order valence-corrected chi connectivity index (χ2v) is 8.47. The van der Waals surface area contributed by atoms with Crippen molar-refractivity contribution in [1.82, 2.24) is 9.97 Å². The van der Waals surface area contributed by atoms with Gasteiger partial charge < -0.3 is 10.1 Å². The third-order valence-corrected chi connectivity index (χ3v) is 5.49. The number of carbonyl (C=O) groups excluding carboxylic acids is 1. The van der Waals surface area contributed by atoms with E-state index < -0.39 is 27.9 Å². The first kappa shape index (κ1) is 22.2. The van der Waals surface area contributed by atoms with E-state index in [1.807, 2.05) is 0 Å². The minimum Gasteiger partial charge on any atom is -0.478 e. The lowest BCUT2D eigenvalue weighted by Crippen LogP contribution is -2.30. The number of hydrogen-bond donors (Lipinski definition) is 2. The standard InChI is InChI=1S/C21H21FN4O4S/c1-13-12-14(2)24-21(23-13)26-31(28,29)17-10-8-16(9-11-17)25-20(27)15(3)30-19-7-5-4-6-18(19)22/h4-12,15H,1-3H3,(H,25,27)(H,23,24,26)/t15-/m0/s1. The zero-order valence-electron chi connectivity index (χ0n) is 17.1. The first-order chi connectivity index (χ1) is 14.6. The molecule has 31 heavy (non-hydrogen) atoms. The molecule has 10 heteroatoms. The van der Waals surface area contributed by atoms with Crippen molar-refractivity contribution in [2.24, 2.45) is 0 Å². The molecule has 1 aromatic heterocycles. The minimum absolute atomic E-state index is 0.0194. The topological polar surface area (TPSA) is 110 Å². The van der Waals surface area contributed by atoms with Gasteiger partial charge in [-0.05, 0) is 63.2 Å². The second-order valence-electron chi connectivity index (χ2n) is 6.78. The third kappa shape index (κ3) is 5.76. The predicted molar refractivity (Wildman–Crippen MR) is 114 cm³/mol. The van der Waals surface area contributed by atoms with Crippen molar-refractivity contribution >= 4 is 27.6 Å².